The molecule has 2 heterocycles. The van der Waals surface area contributed by atoms with Crippen LogP contribution in [0.3, 0.4) is 0 Å². The quantitative estimate of drug-likeness (QED) is 0.663. The fourth-order valence-electron chi connectivity index (χ4n) is 2.28. The van der Waals surface area contributed by atoms with Gasteiger partial charge in [0.05, 0.1) is 25.0 Å². The van der Waals surface area contributed by atoms with E-state index in [0.717, 1.165) is 0 Å². The van der Waals surface area contributed by atoms with Crippen LogP contribution in [0.1, 0.15) is 12.8 Å². The number of rotatable bonds is 3. The van der Waals surface area contributed by atoms with Crippen LogP contribution in [0.4, 0.5) is 0 Å². The Kier molecular flexibility index (Phi) is 3.81. The number of nitrogens with one attached hydrogen (secondary N) is 1. The van der Waals surface area contributed by atoms with Gasteiger partial charge in [0.2, 0.25) is 11.8 Å². The molecule has 0 spiro atoms. The molecular weight excluding hydrogens is 240 g/mol. The molecule has 2 fully saturated rings. The Morgan fingerprint density at radius 1 is 1.50 bits per heavy atom. The zero-order valence-electron chi connectivity index (χ0n) is 9.92. The molecule has 18 heavy (non-hydrogen) atoms. The maximum absolute atomic E-state index is 12.1. The molecule has 0 saturated carbocycles. The minimum absolute atomic E-state index is 0.0907. The van der Waals surface area contributed by atoms with Crippen molar-refractivity contribution in [1.82, 2.24) is 10.2 Å². The fraction of sp³-hybridized carbons (Fsp3) is 0.727. The first-order chi connectivity index (χ1) is 8.56. The van der Waals surface area contributed by atoms with Gasteiger partial charge in [0.25, 0.3) is 0 Å². The Hall–Kier alpha value is -1.63. The highest BCUT2D eigenvalue weighted by atomic mass is 16.5. The Morgan fingerprint density at radius 3 is 2.89 bits per heavy atom. The molecule has 2 saturated heterocycles. The predicted octanol–water partition coefficient (Wildman–Crippen LogP) is -1.18. The summed E-state index contributed by atoms with van der Waals surface area (Å²) < 4.78 is 5.30. The molecule has 7 heteroatoms. The molecule has 7 nitrogen and oxygen atoms in total. The van der Waals surface area contributed by atoms with Crippen LogP contribution in [-0.4, -0.2) is 60.1 Å². The highest BCUT2D eigenvalue weighted by Gasteiger charge is 2.34. The van der Waals surface area contributed by atoms with Crippen molar-refractivity contribution in [2.24, 2.45) is 5.92 Å². The summed E-state index contributed by atoms with van der Waals surface area (Å²) in [5, 5.41) is 11.3. The van der Waals surface area contributed by atoms with Crippen LogP contribution in [0.5, 0.6) is 0 Å². The SMILES string of the molecule is O=C(O)CC1CN(C(=O)C2CNC(=O)C2)CCO1. The number of hydrogen-bond donors (Lipinski definition) is 2. The molecule has 2 aliphatic rings. The number of morpholine rings is 1. The van der Waals surface area contributed by atoms with Crippen molar-refractivity contribution in [2.45, 2.75) is 18.9 Å². The van der Waals surface area contributed by atoms with E-state index >= 15 is 0 Å². The smallest absolute Gasteiger partial charge is 0.306 e. The van der Waals surface area contributed by atoms with E-state index in [2.05, 4.69) is 5.32 Å². The highest BCUT2D eigenvalue weighted by molar-refractivity contribution is 5.89. The number of carbonyl (C=O) groups excluding carboxylic acids is 2. The number of hydrogen-bond acceptors (Lipinski definition) is 4. The summed E-state index contributed by atoms with van der Waals surface area (Å²) in [6.45, 7) is 1.46. The zero-order chi connectivity index (χ0) is 13.1. The van der Waals surface area contributed by atoms with Crippen molar-refractivity contribution < 1.29 is 24.2 Å². The van der Waals surface area contributed by atoms with E-state index < -0.39 is 12.1 Å². The lowest BCUT2D eigenvalue weighted by Gasteiger charge is -2.33. The molecular formula is C11H16N2O5. The van der Waals surface area contributed by atoms with Gasteiger partial charge >= 0.3 is 5.97 Å². The molecule has 2 unspecified atom stereocenters. The second kappa shape index (κ2) is 5.34. The average molecular weight is 256 g/mol. The largest absolute Gasteiger partial charge is 0.481 e. The first-order valence-corrected chi connectivity index (χ1v) is 5.95. The number of carboxylic acids is 1. The molecule has 0 radical (unpaired) electrons. The zero-order valence-corrected chi connectivity index (χ0v) is 9.92. The van der Waals surface area contributed by atoms with Gasteiger partial charge in [-0.15, -0.1) is 0 Å². The van der Waals surface area contributed by atoms with Crippen molar-refractivity contribution in [3.05, 3.63) is 0 Å². The third-order valence-electron chi connectivity index (χ3n) is 3.18. The third kappa shape index (κ3) is 2.98. The van der Waals surface area contributed by atoms with Gasteiger partial charge in [-0.25, -0.2) is 0 Å². The predicted molar refractivity (Wildman–Crippen MR) is 59.7 cm³/mol. The summed E-state index contributed by atoms with van der Waals surface area (Å²) in [4.78, 5) is 35.4. The standard InChI is InChI=1S/C11H16N2O5/c14-9-3-7(5-12-9)11(17)13-1-2-18-8(6-13)4-10(15)16/h7-8H,1-6H2,(H,12,14)(H,15,16). The van der Waals surface area contributed by atoms with E-state index in [0.29, 0.717) is 19.7 Å². The van der Waals surface area contributed by atoms with Crippen LogP contribution in [0.25, 0.3) is 0 Å². The maximum Gasteiger partial charge on any atom is 0.306 e. The Labute approximate surface area is 104 Å². The van der Waals surface area contributed by atoms with Gasteiger partial charge in [-0.2, -0.15) is 0 Å². The van der Waals surface area contributed by atoms with E-state index in [1.54, 1.807) is 4.90 Å². The summed E-state index contributed by atoms with van der Waals surface area (Å²) >= 11 is 0. The molecule has 2 N–H and O–H groups in total. The molecule has 0 aliphatic carbocycles. The summed E-state index contributed by atoms with van der Waals surface area (Å²) in [7, 11) is 0. The topological polar surface area (TPSA) is 95.9 Å². The number of nitrogens with zero attached hydrogens (tertiary/aromatic N) is 1. The van der Waals surface area contributed by atoms with Crippen LogP contribution in [0.15, 0.2) is 0 Å². The van der Waals surface area contributed by atoms with Gasteiger partial charge in [-0.1, -0.05) is 0 Å². The molecule has 2 atom stereocenters. The Balaban J connectivity index is 1.90. The molecule has 100 valence electrons. The molecule has 2 aliphatic heterocycles. The number of ether oxygens (including phenoxy) is 1. The minimum Gasteiger partial charge on any atom is -0.481 e. The van der Waals surface area contributed by atoms with Crippen LogP contribution >= 0.6 is 0 Å². The molecule has 0 aromatic rings. The number of aliphatic carboxylic acids is 1. The van der Waals surface area contributed by atoms with Crippen molar-refractivity contribution >= 4 is 17.8 Å². The monoisotopic (exact) mass is 256 g/mol. The molecule has 0 bridgehead atoms. The summed E-state index contributed by atoms with van der Waals surface area (Å²) in [6, 6.07) is 0. The number of carboxylic acid groups (broad SMARTS) is 1. The lowest BCUT2D eigenvalue weighted by molar-refractivity contribution is -0.149. The number of amides is 2. The van der Waals surface area contributed by atoms with Gasteiger partial charge in [0, 0.05) is 26.1 Å². The number of carbonyl (C=O) groups is 3. The van der Waals surface area contributed by atoms with Crippen LogP contribution < -0.4 is 5.32 Å². The third-order valence-corrected chi connectivity index (χ3v) is 3.18. The fourth-order valence-corrected chi connectivity index (χ4v) is 2.28. The molecule has 0 aromatic heterocycles. The summed E-state index contributed by atoms with van der Waals surface area (Å²) in [5.74, 6) is -1.45. The van der Waals surface area contributed by atoms with Gasteiger partial charge in [0.15, 0.2) is 0 Å². The minimum atomic E-state index is -0.938. The van der Waals surface area contributed by atoms with Crippen molar-refractivity contribution in [1.29, 1.82) is 0 Å². The van der Waals surface area contributed by atoms with Gasteiger partial charge in [-0.3, -0.25) is 14.4 Å². The Morgan fingerprint density at radius 2 is 2.28 bits per heavy atom. The van der Waals surface area contributed by atoms with E-state index in [1.165, 1.54) is 0 Å². The first kappa shape index (κ1) is 12.8. The second-order valence-electron chi connectivity index (χ2n) is 4.58. The average Bonchev–Trinajstić information content (AvgIpc) is 2.74. The van der Waals surface area contributed by atoms with Crippen molar-refractivity contribution in [3.63, 3.8) is 0 Å². The first-order valence-electron chi connectivity index (χ1n) is 5.95. The van der Waals surface area contributed by atoms with E-state index in [4.69, 9.17) is 9.84 Å². The molecule has 2 amide bonds. The molecule has 0 aromatic carbocycles. The Bertz CT molecular complexity index is 370. The van der Waals surface area contributed by atoms with Crippen LogP contribution in [-0.2, 0) is 19.1 Å². The second-order valence-corrected chi connectivity index (χ2v) is 4.58. The van der Waals surface area contributed by atoms with Crippen LogP contribution in [0.2, 0.25) is 0 Å². The summed E-state index contributed by atoms with van der Waals surface area (Å²) in [5.41, 5.74) is 0. The lowest BCUT2D eigenvalue weighted by Crippen LogP contribution is -2.48. The van der Waals surface area contributed by atoms with Gasteiger partial charge < -0.3 is 20.1 Å². The van der Waals surface area contributed by atoms with Crippen LogP contribution in [0, 0.1) is 5.92 Å². The molecule has 2 rings (SSSR count). The highest BCUT2D eigenvalue weighted by Crippen LogP contribution is 2.16. The summed E-state index contributed by atoms with van der Waals surface area (Å²) in [6.07, 6.45) is -0.337. The van der Waals surface area contributed by atoms with E-state index in [1.807, 2.05) is 0 Å². The maximum atomic E-state index is 12.1. The van der Waals surface area contributed by atoms with E-state index in [9.17, 15) is 14.4 Å². The lowest BCUT2D eigenvalue weighted by atomic mass is 10.1. The van der Waals surface area contributed by atoms with Gasteiger partial charge in [-0.05, 0) is 0 Å². The van der Waals surface area contributed by atoms with Crippen molar-refractivity contribution in [2.75, 3.05) is 26.2 Å². The van der Waals surface area contributed by atoms with Gasteiger partial charge in [0.1, 0.15) is 0 Å². The van der Waals surface area contributed by atoms with E-state index in [-0.39, 0.29) is 37.1 Å². The van der Waals surface area contributed by atoms with Crippen molar-refractivity contribution in [3.8, 4) is 0 Å². The normalized spacial score (nSPS) is 28.0.